The second-order valence-electron chi connectivity index (χ2n) is 4.48. The van der Waals surface area contributed by atoms with Gasteiger partial charge in [0.15, 0.2) is 5.82 Å². The number of hydrogen-bond acceptors (Lipinski definition) is 2. The van der Waals surface area contributed by atoms with Gasteiger partial charge in [-0.3, -0.25) is 5.43 Å². The summed E-state index contributed by atoms with van der Waals surface area (Å²) in [4.78, 5) is 0. The Morgan fingerprint density at radius 1 is 1.29 bits per heavy atom. The van der Waals surface area contributed by atoms with Gasteiger partial charge in [0.25, 0.3) is 0 Å². The molecule has 1 aromatic rings. The van der Waals surface area contributed by atoms with Crippen molar-refractivity contribution in [1.29, 1.82) is 0 Å². The van der Waals surface area contributed by atoms with Crippen LogP contribution in [0.2, 0.25) is 0 Å². The molecule has 2 nitrogen and oxygen atoms in total. The number of allylic oxidation sites excluding steroid dienone is 2. The molecule has 1 N–H and O–H groups in total. The van der Waals surface area contributed by atoms with Crippen LogP contribution in [0.5, 0.6) is 0 Å². The highest BCUT2D eigenvalue weighted by Gasteiger charge is 2.37. The van der Waals surface area contributed by atoms with Crippen molar-refractivity contribution in [1.82, 2.24) is 0 Å². The maximum atomic E-state index is 13.3. The van der Waals surface area contributed by atoms with Crippen molar-refractivity contribution >= 4 is 11.4 Å². The van der Waals surface area contributed by atoms with E-state index in [2.05, 4.69) is 22.7 Å². The summed E-state index contributed by atoms with van der Waals surface area (Å²) in [6, 6.07) is 3.42. The molecule has 0 aromatic heterocycles. The van der Waals surface area contributed by atoms with Crippen molar-refractivity contribution in [3.63, 3.8) is 0 Å². The van der Waals surface area contributed by atoms with E-state index < -0.39 is 11.6 Å². The van der Waals surface area contributed by atoms with Gasteiger partial charge >= 0.3 is 0 Å². The lowest BCUT2D eigenvalue weighted by molar-refractivity contribution is 0.466. The van der Waals surface area contributed by atoms with Crippen molar-refractivity contribution in [3.05, 3.63) is 42.0 Å². The molecule has 0 amide bonds. The van der Waals surface area contributed by atoms with Crippen molar-refractivity contribution in [2.24, 2.45) is 16.9 Å². The maximum absolute atomic E-state index is 13.3. The summed E-state index contributed by atoms with van der Waals surface area (Å²) < 4.78 is 26.0. The first-order chi connectivity index (χ1) is 8.24. The average molecular weight is 234 g/mol. The normalized spacial score (nSPS) is 28.0. The van der Waals surface area contributed by atoms with Crippen LogP contribution in [0.3, 0.4) is 0 Å². The zero-order valence-corrected chi connectivity index (χ0v) is 9.16. The zero-order chi connectivity index (χ0) is 11.8. The number of rotatable bonds is 2. The van der Waals surface area contributed by atoms with Gasteiger partial charge in [0.05, 0.1) is 5.69 Å². The van der Waals surface area contributed by atoms with Gasteiger partial charge in [-0.15, -0.1) is 0 Å². The largest absolute Gasteiger partial charge is 0.276 e. The fourth-order valence-electron chi connectivity index (χ4n) is 2.38. The lowest BCUT2D eigenvalue weighted by Gasteiger charge is -2.31. The highest BCUT2D eigenvalue weighted by atomic mass is 19.1. The standard InChI is InChI=1S/C13H12F2N2/c14-9-4-5-12(11(15)7-9)16-17-13-6-8-2-1-3-10(8)13/h1-2,4-5,7-8,10,16H,3,6H2/b17-13-/t8-,10+/m0/s1. The van der Waals surface area contributed by atoms with E-state index in [1.54, 1.807) is 0 Å². The lowest BCUT2D eigenvalue weighted by atomic mass is 9.74. The first kappa shape index (κ1) is 10.4. The van der Waals surface area contributed by atoms with Gasteiger partial charge in [-0.2, -0.15) is 5.10 Å². The van der Waals surface area contributed by atoms with Crippen molar-refractivity contribution < 1.29 is 8.78 Å². The van der Waals surface area contributed by atoms with Gasteiger partial charge < -0.3 is 0 Å². The van der Waals surface area contributed by atoms with E-state index in [1.165, 1.54) is 12.1 Å². The van der Waals surface area contributed by atoms with Crippen LogP contribution in [0.1, 0.15) is 12.8 Å². The van der Waals surface area contributed by atoms with Crippen LogP contribution in [0.4, 0.5) is 14.5 Å². The second kappa shape index (κ2) is 3.95. The molecular formula is C13H12F2N2. The SMILES string of the molecule is Fc1ccc(N/N=C2/C[C@@H]3C=CC[C@@H]23)c(F)c1. The fourth-order valence-corrected chi connectivity index (χ4v) is 2.38. The number of fused-ring (bicyclic) bond motifs is 1. The van der Waals surface area contributed by atoms with Crippen LogP contribution in [-0.2, 0) is 0 Å². The van der Waals surface area contributed by atoms with Gasteiger partial charge in [-0.1, -0.05) is 12.2 Å². The van der Waals surface area contributed by atoms with E-state index in [0.29, 0.717) is 11.8 Å². The molecule has 2 aliphatic rings. The molecule has 1 aromatic carbocycles. The summed E-state index contributed by atoms with van der Waals surface area (Å²) in [6.45, 7) is 0. The summed E-state index contributed by atoms with van der Waals surface area (Å²) in [6.07, 6.45) is 6.34. The molecule has 3 rings (SSSR count). The van der Waals surface area contributed by atoms with Crippen LogP contribution in [-0.4, -0.2) is 5.71 Å². The molecule has 0 saturated heterocycles. The minimum absolute atomic E-state index is 0.216. The molecule has 88 valence electrons. The molecule has 17 heavy (non-hydrogen) atoms. The Hall–Kier alpha value is -1.71. The Balaban J connectivity index is 1.70. The molecule has 1 fully saturated rings. The Morgan fingerprint density at radius 2 is 2.18 bits per heavy atom. The van der Waals surface area contributed by atoms with E-state index >= 15 is 0 Å². The van der Waals surface area contributed by atoms with Crippen molar-refractivity contribution in [3.8, 4) is 0 Å². The molecule has 0 bridgehead atoms. The monoisotopic (exact) mass is 234 g/mol. The molecule has 2 atom stereocenters. The summed E-state index contributed by atoms with van der Waals surface area (Å²) in [5.74, 6) is -0.0844. The quantitative estimate of drug-likeness (QED) is 0.616. The van der Waals surface area contributed by atoms with Gasteiger partial charge in [0.1, 0.15) is 5.82 Å². The maximum Gasteiger partial charge on any atom is 0.151 e. The summed E-state index contributed by atoms with van der Waals surface area (Å²) in [5.41, 5.74) is 3.96. The van der Waals surface area contributed by atoms with E-state index in [4.69, 9.17) is 0 Å². The highest BCUT2D eigenvalue weighted by molar-refractivity contribution is 5.94. The molecule has 0 heterocycles. The summed E-state index contributed by atoms with van der Waals surface area (Å²) in [7, 11) is 0. The predicted octanol–water partition coefficient (Wildman–Crippen LogP) is 3.33. The minimum Gasteiger partial charge on any atom is -0.276 e. The van der Waals surface area contributed by atoms with Gasteiger partial charge in [-0.05, 0) is 30.9 Å². The molecule has 0 spiro atoms. The Morgan fingerprint density at radius 3 is 2.94 bits per heavy atom. The Kier molecular flexibility index (Phi) is 2.42. The third-order valence-electron chi connectivity index (χ3n) is 3.41. The van der Waals surface area contributed by atoms with E-state index in [0.717, 1.165) is 24.6 Å². The number of hydrogen-bond donors (Lipinski definition) is 1. The summed E-state index contributed by atoms with van der Waals surface area (Å²) >= 11 is 0. The third-order valence-corrected chi connectivity index (χ3v) is 3.41. The van der Waals surface area contributed by atoms with E-state index in [9.17, 15) is 8.78 Å². The summed E-state index contributed by atoms with van der Waals surface area (Å²) in [5, 5.41) is 4.20. The van der Waals surface area contributed by atoms with E-state index in [-0.39, 0.29) is 5.69 Å². The van der Waals surface area contributed by atoms with Crippen LogP contribution >= 0.6 is 0 Å². The van der Waals surface area contributed by atoms with Crippen molar-refractivity contribution in [2.45, 2.75) is 12.8 Å². The lowest BCUT2D eigenvalue weighted by Crippen LogP contribution is -2.33. The second-order valence-corrected chi connectivity index (χ2v) is 4.48. The van der Waals surface area contributed by atoms with Crippen LogP contribution in [0.25, 0.3) is 0 Å². The molecule has 0 radical (unpaired) electrons. The van der Waals surface area contributed by atoms with Gasteiger partial charge in [0.2, 0.25) is 0 Å². The van der Waals surface area contributed by atoms with E-state index in [1.807, 2.05) is 0 Å². The Bertz CT molecular complexity index is 508. The fraction of sp³-hybridized carbons (Fsp3) is 0.308. The number of anilines is 1. The van der Waals surface area contributed by atoms with Crippen molar-refractivity contribution in [2.75, 3.05) is 5.43 Å². The number of hydrazone groups is 1. The van der Waals surface area contributed by atoms with Gasteiger partial charge in [-0.25, -0.2) is 8.78 Å². The number of nitrogens with zero attached hydrogens (tertiary/aromatic N) is 1. The zero-order valence-electron chi connectivity index (χ0n) is 9.16. The molecule has 4 heteroatoms. The Labute approximate surface area is 98.0 Å². The average Bonchev–Trinajstić information content (AvgIpc) is 2.63. The van der Waals surface area contributed by atoms with Crippen LogP contribution < -0.4 is 5.43 Å². The number of nitrogens with one attached hydrogen (secondary N) is 1. The van der Waals surface area contributed by atoms with Gasteiger partial charge in [0, 0.05) is 17.7 Å². The first-order valence-corrected chi connectivity index (χ1v) is 5.68. The third kappa shape index (κ3) is 1.84. The molecule has 0 unspecified atom stereocenters. The molecule has 2 aliphatic carbocycles. The smallest absolute Gasteiger partial charge is 0.151 e. The molecular weight excluding hydrogens is 222 g/mol. The highest BCUT2D eigenvalue weighted by Crippen LogP contribution is 2.40. The minimum atomic E-state index is -0.616. The topological polar surface area (TPSA) is 24.4 Å². The molecule has 0 aliphatic heterocycles. The first-order valence-electron chi connectivity index (χ1n) is 5.68. The molecule has 1 saturated carbocycles. The number of halogens is 2. The predicted molar refractivity (Wildman–Crippen MR) is 62.8 cm³/mol. The van der Waals surface area contributed by atoms with Crippen LogP contribution in [0.15, 0.2) is 35.5 Å². The number of benzene rings is 1. The van der Waals surface area contributed by atoms with Crippen LogP contribution in [0, 0.1) is 23.5 Å².